The Morgan fingerprint density at radius 3 is 2.62 bits per heavy atom. The second-order valence-electron chi connectivity index (χ2n) is 3.71. The molecule has 0 saturated heterocycles. The smallest absolute Gasteiger partial charge is 0.336 e. The summed E-state index contributed by atoms with van der Waals surface area (Å²) in [4.78, 5) is 22.2. The average molecular weight is 217 g/mol. The summed E-state index contributed by atoms with van der Waals surface area (Å²) in [6.07, 6.45) is 2.48. The van der Waals surface area contributed by atoms with Crippen LogP contribution in [0.5, 0.6) is 0 Å². The van der Waals surface area contributed by atoms with Crippen LogP contribution in [0.1, 0.15) is 28.8 Å². The summed E-state index contributed by atoms with van der Waals surface area (Å²) in [6, 6.07) is 4.74. The number of anilines is 1. The maximum Gasteiger partial charge on any atom is 0.336 e. The Bertz CT molecular complexity index is 503. The maximum atomic E-state index is 11.2. The number of ketones is 1. The van der Waals surface area contributed by atoms with E-state index in [1.807, 2.05) is 0 Å². The molecule has 0 aromatic heterocycles. The molecule has 0 aliphatic heterocycles. The van der Waals surface area contributed by atoms with Gasteiger partial charge in [0.25, 0.3) is 0 Å². The van der Waals surface area contributed by atoms with E-state index in [1.54, 1.807) is 12.1 Å². The van der Waals surface area contributed by atoms with Gasteiger partial charge in [-0.2, -0.15) is 0 Å². The van der Waals surface area contributed by atoms with Gasteiger partial charge in [-0.1, -0.05) is 6.07 Å². The van der Waals surface area contributed by atoms with Gasteiger partial charge in [-0.25, -0.2) is 4.79 Å². The lowest BCUT2D eigenvalue weighted by molar-refractivity contribution is -0.114. The first kappa shape index (κ1) is 10.4. The van der Waals surface area contributed by atoms with Crippen LogP contribution in [0.2, 0.25) is 0 Å². The van der Waals surface area contributed by atoms with Crippen molar-refractivity contribution in [2.45, 2.75) is 12.8 Å². The fraction of sp³-hybridized carbons (Fsp3) is 0.167. The topological polar surface area (TPSA) is 80.4 Å². The fourth-order valence-corrected chi connectivity index (χ4v) is 1.90. The molecule has 0 radical (unpaired) electrons. The normalized spacial score (nSPS) is 15.0. The van der Waals surface area contributed by atoms with Crippen molar-refractivity contribution in [1.29, 1.82) is 0 Å². The molecule has 0 saturated carbocycles. The van der Waals surface area contributed by atoms with E-state index in [1.165, 1.54) is 12.1 Å². The zero-order valence-corrected chi connectivity index (χ0v) is 8.56. The van der Waals surface area contributed by atoms with Gasteiger partial charge >= 0.3 is 5.97 Å². The minimum atomic E-state index is -1.03. The van der Waals surface area contributed by atoms with Crippen LogP contribution in [-0.4, -0.2) is 16.9 Å². The number of nitrogens with two attached hydrogens (primary N) is 1. The van der Waals surface area contributed by atoms with E-state index in [2.05, 4.69) is 0 Å². The van der Waals surface area contributed by atoms with Crippen LogP contribution in [0.25, 0.3) is 5.57 Å². The lowest BCUT2D eigenvalue weighted by atomic mass is 9.97. The molecule has 4 nitrogen and oxygen atoms in total. The van der Waals surface area contributed by atoms with E-state index >= 15 is 0 Å². The van der Waals surface area contributed by atoms with Gasteiger partial charge in [0.2, 0.25) is 0 Å². The summed E-state index contributed by atoms with van der Waals surface area (Å²) in [5.41, 5.74) is 7.54. The summed E-state index contributed by atoms with van der Waals surface area (Å²) in [6.45, 7) is 0. The summed E-state index contributed by atoms with van der Waals surface area (Å²) < 4.78 is 0. The molecule has 1 aromatic carbocycles. The van der Waals surface area contributed by atoms with Crippen LogP contribution < -0.4 is 5.73 Å². The third-order valence-electron chi connectivity index (χ3n) is 2.62. The molecule has 0 heterocycles. The van der Waals surface area contributed by atoms with Gasteiger partial charge in [0.15, 0.2) is 5.78 Å². The molecule has 0 spiro atoms. The van der Waals surface area contributed by atoms with Crippen LogP contribution in [0.15, 0.2) is 24.3 Å². The van der Waals surface area contributed by atoms with Crippen molar-refractivity contribution < 1.29 is 14.7 Å². The lowest BCUT2D eigenvalue weighted by Gasteiger charge is -2.09. The van der Waals surface area contributed by atoms with E-state index in [4.69, 9.17) is 10.8 Å². The number of hydrogen-bond acceptors (Lipinski definition) is 3. The van der Waals surface area contributed by atoms with E-state index < -0.39 is 5.97 Å². The van der Waals surface area contributed by atoms with Gasteiger partial charge in [-0.05, 0) is 30.2 Å². The highest BCUT2D eigenvalue weighted by Gasteiger charge is 2.20. The highest BCUT2D eigenvalue weighted by Crippen LogP contribution is 2.32. The molecule has 82 valence electrons. The highest BCUT2D eigenvalue weighted by atomic mass is 16.4. The van der Waals surface area contributed by atoms with Crippen molar-refractivity contribution in [3.05, 3.63) is 35.4 Å². The number of allylic oxidation sites excluding steroid dienone is 2. The van der Waals surface area contributed by atoms with E-state index in [-0.39, 0.29) is 11.3 Å². The molecular weight excluding hydrogens is 206 g/mol. The predicted octanol–water partition coefficient (Wildman–Crippen LogP) is 1.71. The standard InChI is InChI=1S/C12H11NO3/c13-10-3-1-2-9(12(15)16)11(10)7-4-5-8(14)6-7/h1-3,6H,4-5,13H2,(H,15,16). The molecule has 3 N–H and O–H groups in total. The monoisotopic (exact) mass is 217 g/mol. The SMILES string of the molecule is Nc1cccc(C(=O)O)c1C1=CC(=O)CC1. The van der Waals surface area contributed by atoms with Gasteiger partial charge in [0.1, 0.15) is 0 Å². The van der Waals surface area contributed by atoms with Crippen molar-refractivity contribution in [3.8, 4) is 0 Å². The minimum Gasteiger partial charge on any atom is -0.478 e. The molecule has 0 unspecified atom stereocenters. The first-order valence-corrected chi connectivity index (χ1v) is 4.95. The van der Waals surface area contributed by atoms with Crippen molar-refractivity contribution in [1.82, 2.24) is 0 Å². The highest BCUT2D eigenvalue weighted by molar-refractivity contribution is 6.06. The van der Waals surface area contributed by atoms with Gasteiger partial charge in [-0.15, -0.1) is 0 Å². The molecule has 1 aliphatic rings. The third-order valence-corrected chi connectivity index (χ3v) is 2.62. The molecule has 16 heavy (non-hydrogen) atoms. The molecule has 0 amide bonds. The second-order valence-corrected chi connectivity index (χ2v) is 3.71. The van der Waals surface area contributed by atoms with Crippen LogP contribution >= 0.6 is 0 Å². The molecule has 2 rings (SSSR count). The Balaban J connectivity index is 2.59. The largest absolute Gasteiger partial charge is 0.478 e. The summed E-state index contributed by atoms with van der Waals surface area (Å²) in [7, 11) is 0. The zero-order chi connectivity index (χ0) is 11.7. The number of rotatable bonds is 2. The summed E-state index contributed by atoms with van der Waals surface area (Å²) in [5.74, 6) is -1.00. The van der Waals surface area contributed by atoms with E-state index in [0.717, 1.165) is 5.57 Å². The van der Waals surface area contributed by atoms with Crippen LogP contribution in [-0.2, 0) is 4.79 Å². The summed E-state index contributed by atoms with van der Waals surface area (Å²) >= 11 is 0. The molecular formula is C12H11NO3. The Morgan fingerprint density at radius 1 is 1.31 bits per heavy atom. The van der Waals surface area contributed by atoms with Gasteiger partial charge < -0.3 is 10.8 Å². The fourth-order valence-electron chi connectivity index (χ4n) is 1.90. The van der Waals surface area contributed by atoms with Crippen molar-refractivity contribution in [2.75, 3.05) is 5.73 Å². The Morgan fingerprint density at radius 2 is 2.06 bits per heavy atom. The van der Waals surface area contributed by atoms with Gasteiger partial charge in [0.05, 0.1) is 5.56 Å². The molecule has 1 aliphatic carbocycles. The minimum absolute atomic E-state index is 0.0228. The Hall–Kier alpha value is -2.10. The number of carbonyl (C=O) groups excluding carboxylic acids is 1. The summed E-state index contributed by atoms with van der Waals surface area (Å²) in [5, 5.41) is 9.05. The molecule has 0 bridgehead atoms. The molecule has 1 aromatic rings. The number of nitrogen functional groups attached to an aromatic ring is 1. The molecule has 0 fully saturated rings. The Labute approximate surface area is 92.4 Å². The first-order chi connectivity index (χ1) is 7.59. The van der Waals surface area contributed by atoms with Crippen molar-refractivity contribution in [3.63, 3.8) is 0 Å². The molecule has 4 heteroatoms. The number of aromatic carboxylic acids is 1. The van der Waals surface area contributed by atoms with E-state index in [9.17, 15) is 9.59 Å². The van der Waals surface area contributed by atoms with Crippen LogP contribution in [0.3, 0.4) is 0 Å². The quantitative estimate of drug-likeness (QED) is 0.739. The predicted molar refractivity (Wildman–Crippen MR) is 60.0 cm³/mol. The van der Waals surface area contributed by atoms with Crippen LogP contribution in [0, 0.1) is 0 Å². The van der Waals surface area contributed by atoms with Gasteiger partial charge in [0, 0.05) is 17.7 Å². The second kappa shape index (κ2) is 3.81. The lowest BCUT2D eigenvalue weighted by Crippen LogP contribution is -2.04. The number of hydrogen-bond donors (Lipinski definition) is 2. The van der Waals surface area contributed by atoms with E-state index in [0.29, 0.717) is 24.1 Å². The number of carboxylic acid groups (broad SMARTS) is 1. The van der Waals surface area contributed by atoms with Crippen molar-refractivity contribution >= 4 is 23.0 Å². The molecule has 0 atom stereocenters. The number of benzene rings is 1. The van der Waals surface area contributed by atoms with Crippen LogP contribution in [0.4, 0.5) is 5.69 Å². The average Bonchev–Trinajstić information content (AvgIpc) is 2.64. The number of carboxylic acids is 1. The number of carbonyl (C=O) groups is 2. The van der Waals surface area contributed by atoms with Gasteiger partial charge in [-0.3, -0.25) is 4.79 Å². The maximum absolute atomic E-state index is 11.2. The zero-order valence-electron chi connectivity index (χ0n) is 8.56. The van der Waals surface area contributed by atoms with Crippen molar-refractivity contribution in [2.24, 2.45) is 0 Å². The Kier molecular flexibility index (Phi) is 2.48. The third kappa shape index (κ3) is 1.69. The first-order valence-electron chi connectivity index (χ1n) is 4.95.